The SMILES string of the molecule is N#Cc1ccncc1NCc1cccc(CN2CCC[C@H](C(N)=O)C2)c1. The van der Waals surface area contributed by atoms with Crippen molar-refractivity contribution in [1.82, 2.24) is 9.88 Å². The van der Waals surface area contributed by atoms with Crippen LogP contribution < -0.4 is 11.1 Å². The second kappa shape index (κ2) is 8.45. The van der Waals surface area contributed by atoms with Crippen molar-refractivity contribution >= 4 is 11.6 Å². The van der Waals surface area contributed by atoms with Gasteiger partial charge in [0.15, 0.2) is 0 Å². The Kier molecular flexibility index (Phi) is 5.82. The summed E-state index contributed by atoms with van der Waals surface area (Å²) in [6, 6.07) is 12.2. The molecule has 3 N–H and O–H groups in total. The van der Waals surface area contributed by atoms with E-state index in [1.807, 2.05) is 6.07 Å². The van der Waals surface area contributed by atoms with Crippen LogP contribution in [0.3, 0.4) is 0 Å². The molecule has 1 aliphatic heterocycles. The van der Waals surface area contributed by atoms with E-state index in [9.17, 15) is 4.79 Å². The van der Waals surface area contributed by atoms with E-state index in [-0.39, 0.29) is 11.8 Å². The minimum atomic E-state index is -0.197. The third kappa shape index (κ3) is 4.58. The summed E-state index contributed by atoms with van der Waals surface area (Å²) in [7, 11) is 0. The number of primary amides is 1. The third-order valence-corrected chi connectivity index (χ3v) is 4.73. The Morgan fingerprint density at radius 1 is 1.38 bits per heavy atom. The monoisotopic (exact) mass is 349 g/mol. The molecule has 6 nitrogen and oxygen atoms in total. The molecule has 2 heterocycles. The highest BCUT2D eigenvalue weighted by Crippen LogP contribution is 2.19. The van der Waals surface area contributed by atoms with Crippen LogP contribution >= 0.6 is 0 Å². The van der Waals surface area contributed by atoms with Crippen LogP contribution in [0, 0.1) is 17.2 Å². The topological polar surface area (TPSA) is 95.0 Å². The normalized spacial score (nSPS) is 17.4. The van der Waals surface area contributed by atoms with Crippen LogP contribution in [0.4, 0.5) is 5.69 Å². The summed E-state index contributed by atoms with van der Waals surface area (Å²) in [6.45, 7) is 3.17. The van der Waals surface area contributed by atoms with E-state index in [1.165, 1.54) is 5.56 Å². The number of hydrogen-bond acceptors (Lipinski definition) is 5. The Morgan fingerprint density at radius 2 is 2.23 bits per heavy atom. The van der Waals surface area contributed by atoms with Gasteiger partial charge in [-0.05, 0) is 36.6 Å². The first-order chi connectivity index (χ1) is 12.7. The van der Waals surface area contributed by atoms with Gasteiger partial charge >= 0.3 is 0 Å². The van der Waals surface area contributed by atoms with Crippen molar-refractivity contribution in [2.24, 2.45) is 11.7 Å². The number of nitrogens with two attached hydrogens (primary N) is 1. The fraction of sp³-hybridized carbons (Fsp3) is 0.350. The first-order valence-electron chi connectivity index (χ1n) is 8.83. The lowest BCUT2D eigenvalue weighted by molar-refractivity contribution is -0.123. The molecule has 0 aliphatic carbocycles. The van der Waals surface area contributed by atoms with E-state index in [4.69, 9.17) is 11.0 Å². The van der Waals surface area contributed by atoms with Crippen molar-refractivity contribution in [1.29, 1.82) is 5.26 Å². The number of rotatable bonds is 6. The van der Waals surface area contributed by atoms with Crippen LogP contribution in [-0.2, 0) is 17.9 Å². The van der Waals surface area contributed by atoms with Gasteiger partial charge in [0.2, 0.25) is 5.91 Å². The summed E-state index contributed by atoms with van der Waals surface area (Å²) in [5.74, 6) is -0.235. The van der Waals surface area contributed by atoms with Gasteiger partial charge in [0, 0.05) is 25.8 Å². The minimum Gasteiger partial charge on any atom is -0.379 e. The van der Waals surface area contributed by atoms with E-state index in [0.717, 1.165) is 43.7 Å². The Morgan fingerprint density at radius 3 is 3.04 bits per heavy atom. The molecule has 134 valence electrons. The Labute approximate surface area is 153 Å². The lowest BCUT2D eigenvalue weighted by Crippen LogP contribution is -2.40. The van der Waals surface area contributed by atoms with Gasteiger partial charge in [0.1, 0.15) is 6.07 Å². The number of benzene rings is 1. The van der Waals surface area contributed by atoms with E-state index in [2.05, 4.69) is 39.5 Å². The molecule has 0 spiro atoms. The fourth-order valence-corrected chi connectivity index (χ4v) is 3.36. The number of nitriles is 1. The molecule has 1 saturated heterocycles. The average Bonchev–Trinajstić information content (AvgIpc) is 2.67. The predicted molar refractivity (Wildman–Crippen MR) is 99.9 cm³/mol. The van der Waals surface area contributed by atoms with Crippen molar-refractivity contribution in [3.8, 4) is 6.07 Å². The van der Waals surface area contributed by atoms with Gasteiger partial charge < -0.3 is 11.1 Å². The van der Waals surface area contributed by atoms with Crippen LogP contribution in [0.2, 0.25) is 0 Å². The maximum atomic E-state index is 11.4. The van der Waals surface area contributed by atoms with Crippen molar-refractivity contribution < 1.29 is 4.79 Å². The molecule has 1 atom stereocenters. The van der Waals surface area contributed by atoms with Gasteiger partial charge in [-0.1, -0.05) is 24.3 Å². The molecule has 1 aromatic carbocycles. The lowest BCUT2D eigenvalue weighted by Gasteiger charge is -2.31. The molecule has 1 amide bonds. The van der Waals surface area contributed by atoms with Gasteiger partial charge in [-0.15, -0.1) is 0 Å². The molecule has 26 heavy (non-hydrogen) atoms. The molecule has 0 unspecified atom stereocenters. The molecule has 6 heteroatoms. The zero-order valence-electron chi connectivity index (χ0n) is 14.7. The van der Waals surface area contributed by atoms with Gasteiger partial charge in [0.25, 0.3) is 0 Å². The van der Waals surface area contributed by atoms with Crippen molar-refractivity contribution in [2.75, 3.05) is 18.4 Å². The number of nitrogens with one attached hydrogen (secondary N) is 1. The first-order valence-corrected chi connectivity index (χ1v) is 8.83. The number of carbonyl (C=O) groups excluding carboxylic acids is 1. The Bertz CT molecular complexity index is 814. The maximum Gasteiger partial charge on any atom is 0.221 e. The number of amides is 1. The number of pyridine rings is 1. The van der Waals surface area contributed by atoms with Gasteiger partial charge in [-0.2, -0.15) is 5.26 Å². The molecule has 1 aliphatic rings. The maximum absolute atomic E-state index is 11.4. The van der Waals surface area contributed by atoms with Gasteiger partial charge in [-0.25, -0.2) is 0 Å². The molecule has 2 aromatic rings. The second-order valence-corrected chi connectivity index (χ2v) is 6.68. The molecule has 0 radical (unpaired) electrons. The number of anilines is 1. The molecule has 3 rings (SSSR count). The van der Waals surface area contributed by atoms with Crippen LogP contribution in [0.15, 0.2) is 42.7 Å². The highest BCUT2D eigenvalue weighted by molar-refractivity contribution is 5.76. The average molecular weight is 349 g/mol. The van der Waals surface area contributed by atoms with Crippen molar-refractivity contribution in [3.05, 3.63) is 59.4 Å². The number of likely N-dealkylation sites (tertiary alicyclic amines) is 1. The Hall–Kier alpha value is -2.91. The molecule has 0 bridgehead atoms. The van der Waals surface area contributed by atoms with Crippen LogP contribution in [-0.4, -0.2) is 28.9 Å². The van der Waals surface area contributed by atoms with E-state index >= 15 is 0 Å². The second-order valence-electron chi connectivity index (χ2n) is 6.68. The molecule has 0 saturated carbocycles. The number of aromatic nitrogens is 1. The zero-order chi connectivity index (χ0) is 18.4. The van der Waals surface area contributed by atoms with Crippen LogP contribution in [0.25, 0.3) is 0 Å². The summed E-state index contributed by atoms with van der Waals surface area (Å²) >= 11 is 0. The quantitative estimate of drug-likeness (QED) is 0.834. The standard InChI is InChI=1S/C20H23N5O/c21-10-17-6-7-23-12-19(17)24-11-15-3-1-4-16(9-15)13-25-8-2-5-18(14-25)20(22)26/h1,3-4,6-7,9,12,18,24H,2,5,8,11,13-14H2,(H2,22,26)/t18-/m0/s1. The van der Waals surface area contributed by atoms with Crippen LogP contribution in [0.5, 0.6) is 0 Å². The van der Waals surface area contributed by atoms with Crippen molar-refractivity contribution in [3.63, 3.8) is 0 Å². The number of carbonyl (C=O) groups is 1. The van der Waals surface area contributed by atoms with Crippen molar-refractivity contribution in [2.45, 2.75) is 25.9 Å². The summed E-state index contributed by atoms with van der Waals surface area (Å²) in [4.78, 5) is 17.8. The van der Waals surface area contributed by atoms with E-state index < -0.39 is 0 Å². The molecule has 1 aromatic heterocycles. The summed E-state index contributed by atoms with van der Waals surface area (Å²) < 4.78 is 0. The van der Waals surface area contributed by atoms with Crippen LogP contribution in [0.1, 0.15) is 29.5 Å². The fourth-order valence-electron chi connectivity index (χ4n) is 3.36. The van der Waals surface area contributed by atoms with Gasteiger partial charge in [0.05, 0.1) is 23.4 Å². The minimum absolute atomic E-state index is 0.0383. The first kappa shape index (κ1) is 17.9. The Balaban J connectivity index is 1.61. The molecular formula is C20H23N5O. The lowest BCUT2D eigenvalue weighted by atomic mass is 9.97. The summed E-state index contributed by atoms with van der Waals surface area (Å²) in [5, 5.41) is 12.4. The largest absolute Gasteiger partial charge is 0.379 e. The number of piperidine rings is 1. The molecular weight excluding hydrogens is 326 g/mol. The number of nitrogens with zero attached hydrogens (tertiary/aromatic N) is 3. The van der Waals surface area contributed by atoms with Gasteiger partial charge in [-0.3, -0.25) is 14.7 Å². The highest BCUT2D eigenvalue weighted by Gasteiger charge is 2.23. The smallest absolute Gasteiger partial charge is 0.221 e. The zero-order valence-corrected chi connectivity index (χ0v) is 14.7. The van der Waals surface area contributed by atoms with E-state index in [1.54, 1.807) is 18.5 Å². The molecule has 1 fully saturated rings. The highest BCUT2D eigenvalue weighted by atomic mass is 16.1. The third-order valence-electron chi connectivity index (χ3n) is 4.73. The van der Waals surface area contributed by atoms with E-state index in [0.29, 0.717) is 12.1 Å². The summed E-state index contributed by atoms with van der Waals surface area (Å²) in [6.07, 6.45) is 5.18. The summed E-state index contributed by atoms with van der Waals surface area (Å²) in [5.41, 5.74) is 9.13. The number of hydrogen-bond donors (Lipinski definition) is 2. The predicted octanol–water partition coefficient (Wildman–Crippen LogP) is 2.26.